The van der Waals surface area contributed by atoms with Crippen molar-refractivity contribution < 1.29 is 67.2 Å². The number of halogens is 11. The Morgan fingerprint density at radius 1 is 0.415 bits per heavy atom. The van der Waals surface area contributed by atoms with Crippen LogP contribution in [-0.2, 0) is 0 Å². The van der Waals surface area contributed by atoms with Crippen molar-refractivity contribution in [3.8, 4) is 46.7 Å². The summed E-state index contributed by atoms with van der Waals surface area (Å²) in [6.07, 6.45) is 2.38. The zero-order chi connectivity index (χ0) is 47.4. The van der Waals surface area contributed by atoms with Gasteiger partial charge in [0, 0.05) is 5.57 Å². The number of allylic oxidation sites excluding steroid dienone is 2. The molecule has 0 aromatic heterocycles. The third-order valence-corrected chi connectivity index (χ3v) is 9.73. The first-order valence-electron chi connectivity index (χ1n) is 21.4. The minimum absolute atomic E-state index is 0.0218. The van der Waals surface area contributed by atoms with Crippen LogP contribution in [0.25, 0.3) is 0 Å². The van der Waals surface area contributed by atoms with E-state index in [1.807, 2.05) is 0 Å². The third kappa shape index (κ3) is 15.7. The van der Waals surface area contributed by atoms with E-state index in [-0.39, 0.29) is 73.4 Å². The van der Waals surface area contributed by atoms with Gasteiger partial charge in [-0.1, -0.05) is 75.7 Å². The van der Waals surface area contributed by atoms with E-state index in [0.29, 0.717) is 70.6 Å². The molecular formula is C50H49F11O4. The highest BCUT2D eigenvalue weighted by atomic mass is 19.4. The number of benzene rings is 4. The highest BCUT2D eigenvalue weighted by Crippen LogP contribution is 2.31. The molecule has 15 heteroatoms. The molecule has 0 bridgehead atoms. The Morgan fingerprint density at radius 2 is 0.723 bits per heavy atom. The van der Waals surface area contributed by atoms with Crippen molar-refractivity contribution in [1.82, 2.24) is 0 Å². The maximum Gasteiger partial charge on any atom is 0.412 e. The molecule has 0 radical (unpaired) electrons. The first kappa shape index (κ1) is 51.8. The van der Waals surface area contributed by atoms with Crippen molar-refractivity contribution in [3.63, 3.8) is 0 Å². The highest BCUT2D eigenvalue weighted by Gasteiger charge is 2.32. The molecule has 350 valence electrons. The summed E-state index contributed by atoms with van der Waals surface area (Å²) in [5, 5.41) is 0. The van der Waals surface area contributed by atoms with E-state index in [4.69, 9.17) is 18.9 Å². The van der Waals surface area contributed by atoms with Crippen molar-refractivity contribution in [2.45, 2.75) is 103 Å². The number of hydrogen-bond acceptors (Lipinski definition) is 4. The monoisotopic (exact) mass is 922 g/mol. The average Bonchev–Trinajstić information content (AvgIpc) is 3.28. The van der Waals surface area contributed by atoms with Gasteiger partial charge in [0.25, 0.3) is 0 Å². The molecule has 0 saturated carbocycles. The first-order valence-corrected chi connectivity index (χ1v) is 21.4. The Hall–Kier alpha value is -5.83. The van der Waals surface area contributed by atoms with Crippen LogP contribution in [0.4, 0.5) is 48.3 Å². The fourth-order valence-corrected chi connectivity index (χ4v) is 6.20. The SMILES string of the molecule is CCCOc1ccc(C#Cc2ccc(OCCCCCC/C=C(/CCCCCCCOc3ccc(C#Cc4ccc(OCCC)c(F)c4F)c(F)c3F)C(F)(F)F)c(F)c2F)c(F)c1F. The minimum Gasteiger partial charge on any atom is -0.490 e. The van der Waals surface area contributed by atoms with Gasteiger partial charge < -0.3 is 18.9 Å². The van der Waals surface area contributed by atoms with Crippen LogP contribution >= 0.6 is 0 Å². The molecule has 0 unspecified atom stereocenters. The predicted molar refractivity (Wildman–Crippen MR) is 225 cm³/mol. The summed E-state index contributed by atoms with van der Waals surface area (Å²) in [5.74, 6) is -2.39. The lowest BCUT2D eigenvalue weighted by Gasteiger charge is -2.12. The molecule has 0 N–H and O–H groups in total. The summed E-state index contributed by atoms with van der Waals surface area (Å²) in [7, 11) is 0. The Balaban J connectivity index is 1.11. The molecule has 0 aliphatic heterocycles. The van der Waals surface area contributed by atoms with Gasteiger partial charge in [0.15, 0.2) is 46.3 Å². The number of alkyl halides is 3. The summed E-state index contributed by atoms with van der Waals surface area (Å²) in [6, 6.07) is 9.36. The van der Waals surface area contributed by atoms with Gasteiger partial charge in [-0.25, -0.2) is 17.6 Å². The maximum absolute atomic E-state index is 14.7. The topological polar surface area (TPSA) is 36.9 Å². The van der Waals surface area contributed by atoms with Gasteiger partial charge in [-0.15, -0.1) is 0 Å². The molecule has 0 fully saturated rings. The van der Waals surface area contributed by atoms with Crippen molar-refractivity contribution in [3.05, 3.63) is 129 Å². The average molecular weight is 923 g/mol. The zero-order valence-corrected chi connectivity index (χ0v) is 36.0. The zero-order valence-electron chi connectivity index (χ0n) is 36.0. The first-order chi connectivity index (χ1) is 31.2. The normalized spacial score (nSPS) is 11.4. The van der Waals surface area contributed by atoms with E-state index in [1.54, 1.807) is 13.8 Å². The van der Waals surface area contributed by atoms with E-state index in [1.165, 1.54) is 30.3 Å². The Kier molecular flexibility index (Phi) is 20.9. The van der Waals surface area contributed by atoms with Crippen LogP contribution in [0, 0.1) is 70.2 Å². The number of hydrogen-bond donors (Lipinski definition) is 0. The predicted octanol–water partition coefficient (Wildman–Crippen LogP) is 14.4. The second-order valence-corrected chi connectivity index (χ2v) is 14.8. The maximum atomic E-state index is 14.7. The van der Waals surface area contributed by atoms with Gasteiger partial charge in [-0.2, -0.15) is 30.7 Å². The quantitative estimate of drug-likeness (QED) is 0.0321. The van der Waals surface area contributed by atoms with Crippen LogP contribution in [-0.4, -0.2) is 32.6 Å². The second-order valence-electron chi connectivity index (χ2n) is 14.8. The molecule has 0 aliphatic rings. The molecule has 0 amide bonds. The van der Waals surface area contributed by atoms with E-state index >= 15 is 0 Å². The fraction of sp³-hybridized carbons (Fsp3) is 0.400. The van der Waals surface area contributed by atoms with E-state index in [0.717, 1.165) is 24.3 Å². The van der Waals surface area contributed by atoms with Crippen LogP contribution in [0.15, 0.2) is 60.2 Å². The molecule has 4 nitrogen and oxygen atoms in total. The molecule has 0 saturated heterocycles. The second kappa shape index (κ2) is 26.2. The minimum atomic E-state index is -4.48. The lowest BCUT2D eigenvalue weighted by Crippen LogP contribution is -2.12. The molecule has 0 spiro atoms. The molecule has 65 heavy (non-hydrogen) atoms. The smallest absolute Gasteiger partial charge is 0.412 e. The molecular weight excluding hydrogens is 874 g/mol. The largest absolute Gasteiger partial charge is 0.490 e. The van der Waals surface area contributed by atoms with Crippen LogP contribution in [0.5, 0.6) is 23.0 Å². The molecule has 4 rings (SSSR count). The number of ether oxygens (including phenoxy) is 4. The van der Waals surface area contributed by atoms with Crippen LogP contribution in [0.3, 0.4) is 0 Å². The highest BCUT2D eigenvalue weighted by molar-refractivity contribution is 5.49. The molecule has 4 aromatic rings. The van der Waals surface area contributed by atoms with Gasteiger partial charge >= 0.3 is 6.18 Å². The summed E-state index contributed by atoms with van der Waals surface area (Å²) in [6.45, 7) is 4.01. The standard InChI is InChI=1S/C50H49F11O4/c1-3-29-62-38-25-21-33(42(51)46(38)55)17-19-35-23-27-40(48(57)44(35)53)64-31-13-9-5-7-11-15-37(50(59,60)61)16-12-8-6-10-14-32-65-41-28-24-36(45(54)49(41)58)20-18-34-22-26-39(63-30-4-2)47(56)43(34)52/h15,21-28H,3-14,16,29-32H2,1-2H3/b37-15-. The molecule has 0 aliphatic carbocycles. The summed E-state index contributed by atoms with van der Waals surface area (Å²) >= 11 is 0. The molecule has 0 atom stereocenters. The fourth-order valence-electron chi connectivity index (χ4n) is 6.20. The summed E-state index contributed by atoms with van der Waals surface area (Å²) in [4.78, 5) is 0. The van der Waals surface area contributed by atoms with Crippen LogP contribution < -0.4 is 18.9 Å². The van der Waals surface area contributed by atoms with E-state index < -0.39 is 69.4 Å². The Bertz CT molecular complexity index is 2350. The van der Waals surface area contributed by atoms with Gasteiger partial charge in [0.2, 0.25) is 23.3 Å². The number of unbranched alkanes of at least 4 members (excludes halogenated alkanes) is 8. The van der Waals surface area contributed by atoms with Gasteiger partial charge in [0.1, 0.15) is 0 Å². The summed E-state index contributed by atoms with van der Waals surface area (Å²) in [5.41, 5.74) is -2.12. The number of rotatable bonds is 23. The van der Waals surface area contributed by atoms with Crippen molar-refractivity contribution in [2.75, 3.05) is 26.4 Å². The molecule has 4 aromatic carbocycles. The van der Waals surface area contributed by atoms with Crippen molar-refractivity contribution >= 4 is 0 Å². The molecule has 0 heterocycles. The Morgan fingerprint density at radius 3 is 1.06 bits per heavy atom. The van der Waals surface area contributed by atoms with Crippen molar-refractivity contribution in [1.29, 1.82) is 0 Å². The third-order valence-electron chi connectivity index (χ3n) is 9.73. The van der Waals surface area contributed by atoms with Gasteiger partial charge in [-0.3, -0.25) is 0 Å². The van der Waals surface area contributed by atoms with E-state index in [2.05, 4.69) is 23.7 Å². The van der Waals surface area contributed by atoms with Gasteiger partial charge in [-0.05, 0) is 99.9 Å². The van der Waals surface area contributed by atoms with Crippen LogP contribution in [0.2, 0.25) is 0 Å². The van der Waals surface area contributed by atoms with Gasteiger partial charge in [0.05, 0.1) is 48.7 Å². The van der Waals surface area contributed by atoms with Crippen molar-refractivity contribution in [2.24, 2.45) is 0 Å². The van der Waals surface area contributed by atoms with Crippen LogP contribution in [0.1, 0.15) is 120 Å². The van der Waals surface area contributed by atoms with E-state index in [9.17, 15) is 48.3 Å². The summed E-state index contributed by atoms with van der Waals surface area (Å²) < 4.78 is 178. The lowest BCUT2D eigenvalue weighted by molar-refractivity contribution is -0.0944. The lowest BCUT2D eigenvalue weighted by atomic mass is 10.0. The Labute approximate surface area is 372 Å².